The first-order chi connectivity index (χ1) is 11.5. The van der Waals surface area contributed by atoms with Gasteiger partial charge >= 0.3 is 0 Å². The summed E-state index contributed by atoms with van der Waals surface area (Å²) < 4.78 is 0.883. The molecule has 4 nitrogen and oxygen atoms in total. The van der Waals surface area contributed by atoms with Crippen LogP contribution in [-0.2, 0) is 16.1 Å². The first-order valence-electron chi connectivity index (χ1n) is 7.90. The second-order valence-corrected chi connectivity index (χ2v) is 7.13. The van der Waals surface area contributed by atoms with Crippen molar-refractivity contribution in [2.24, 2.45) is 5.41 Å². The van der Waals surface area contributed by atoms with E-state index in [4.69, 9.17) is 0 Å². The topological polar surface area (TPSA) is 58.2 Å². The van der Waals surface area contributed by atoms with Gasteiger partial charge in [-0.15, -0.1) is 0 Å². The molecule has 2 N–H and O–H groups in total. The molecule has 3 rings (SSSR count). The first-order valence-corrected chi connectivity index (χ1v) is 8.70. The Bertz CT molecular complexity index is 767. The van der Waals surface area contributed by atoms with E-state index in [9.17, 15) is 9.59 Å². The standard InChI is InChI=1S/C19H19BrN2O2/c1-13-5-7-14(8-6-13)12-21-17(23)19(9-10-19)18(24)22-16-4-2-3-15(20)11-16/h2-8,11H,9-10,12H2,1H3,(H,21,23)(H,22,24). The van der Waals surface area contributed by atoms with Crippen molar-refractivity contribution in [3.8, 4) is 0 Å². The summed E-state index contributed by atoms with van der Waals surface area (Å²) in [6, 6.07) is 15.3. The first kappa shape index (κ1) is 16.7. The summed E-state index contributed by atoms with van der Waals surface area (Å²) in [5.74, 6) is -0.433. The number of anilines is 1. The van der Waals surface area contributed by atoms with Gasteiger partial charge in [-0.3, -0.25) is 9.59 Å². The van der Waals surface area contributed by atoms with Crippen LogP contribution < -0.4 is 10.6 Å². The van der Waals surface area contributed by atoms with Crippen molar-refractivity contribution in [1.29, 1.82) is 0 Å². The van der Waals surface area contributed by atoms with Crippen molar-refractivity contribution in [3.63, 3.8) is 0 Å². The minimum absolute atomic E-state index is 0.199. The van der Waals surface area contributed by atoms with Gasteiger partial charge in [-0.1, -0.05) is 51.8 Å². The number of carbonyl (C=O) groups is 2. The van der Waals surface area contributed by atoms with Crippen LogP contribution in [-0.4, -0.2) is 11.8 Å². The average Bonchev–Trinajstić information content (AvgIpc) is 3.36. The fourth-order valence-electron chi connectivity index (χ4n) is 2.56. The number of rotatable bonds is 5. The van der Waals surface area contributed by atoms with E-state index in [0.717, 1.165) is 10.0 Å². The molecule has 0 bridgehead atoms. The van der Waals surface area contributed by atoms with Gasteiger partial charge in [0.2, 0.25) is 11.8 Å². The van der Waals surface area contributed by atoms with Crippen LogP contribution in [0, 0.1) is 12.3 Å². The third kappa shape index (κ3) is 3.67. The van der Waals surface area contributed by atoms with Gasteiger partial charge in [0, 0.05) is 16.7 Å². The predicted molar refractivity (Wildman–Crippen MR) is 97.5 cm³/mol. The maximum absolute atomic E-state index is 12.5. The van der Waals surface area contributed by atoms with Gasteiger partial charge < -0.3 is 10.6 Å². The lowest BCUT2D eigenvalue weighted by molar-refractivity contribution is -0.134. The van der Waals surface area contributed by atoms with Crippen LogP contribution in [0.2, 0.25) is 0 Å². The van der Waals surface area contributed by atoms with E-state index in [0.29, 0.717) is 25.1 Å². The highest BCUT2D eigenvalue weighted by molar-refractivity contribution is 9.10. The highest BCUT2D eigenvalue weighted by Crippen LogP contribution is 2.47. The molecule has 5 heteroatoms. The maximum Gasteiger partial charge on any atom is 0.240 e. The Kier molecular flexibility index (Phi) is 4.71. The molecule has 2 aromatic rings. The van der Waals surface area contributed by atoms with E-state index < -0.39 is 5.41 Å². The second kappa shape index (κ2) is 6.77. The monoisotopic (exact) mass is 386 g/mol. The molecule has 1 aliphatic rings. The Morgan fingerprint density at radius 3 is 2.42 bits per heavy atom. The number of aryl methyl sites for hydroxylation is 1. The van der Waals surface area contributed by atoms with E-state index in [-0.39, 0.29) is 11.8 Å². The molecule has 0 saturated heterocycles. The van der Waals surface area contributed by atoms with Crippen molar-refractivity contribution in [2.45, 2.75) is 26.3 Å². The molecular formula is C19H19BrN2O2. The molecule has 24 heavy (non-hydrogen) atoms. The van der Waals surface area contributed by atoms with Crippen LogP contribution in [0.3, 0.4) is 0 Å². The van der Waals surface area contributed by atoms with E-state index in [1.165, 1.54) is 5.56 Å². The van der Waals surface area contributed by atoms with Gasteiger partial charge in [-0.2, -0.15) is 0 Å². The smallest absolute Gasteiger partial charge is 0.240 e. The van der Waals surface area contributed by atoms with Crippen LogP contribution >= 0.6 is 15.9 Å². The Labute approximate surface area is 149 Å². The van der Waals surface area contributed by atoms with Crippen molar-refractivity contribution >= 4 is 33.4 Å². The molecule has 1 saturated carbocycles. The summed E-state index contributed by atoms with van der Waals surface area (Å²) in [4.78, 5) is 25.0. The molecular weight excluding hydrogens is 368 g/mol. The molecule has 0 heterocycles. The highest BCUT2D eigenvalue weighted by Gasteiger charge is 2.56. The summed E-state index contributed by atoms with van der Waals surface area (Å²) >= 11 is 3.37. The molecule has 0 spiro atoms. The van der Waals surface area contributed by atoms with Crippen molar-refractivity contribution in [1.82, 2.24) is 5.32 Å². The Morgan fingerprint density at radius 2 is 1.79 bits per heavy atom. The minimum Gasteiger partial charge on any atom is -0.351 e. The van der Waals surface area contributed by atoms with Gasteiger partial charge in [0.15, 0.2) is 0 Å². The highest BCUT2D eigenvalue weighted by atomic mass is 79.9. The lowest BCUT2D eigenvalue weighted by Gasteiger charge is -2.15. The van der Waals surface area contributed by atoms with Crippen LogP contribution in [0.15, 0.2) is 53.0 Å². The molecule has 0 aromatic heterocycles. The summed E-state index contributed by atoms with van der Waals surface area (Å²) in [5, 5.41) is 5.73. The molecule has 2 amide bonds. The van der Waals surface area contributed by atoms with E-state index in [2.05, 4.69) is 26.6 Å². The molecule has 1 aliphatic carbocycles. The van der Waals surface area contributed by atoms with Gasteiger partial charge in [-0.05, 0) is 43.5 Å². The summed E-state index contributed by atoms with van der Waals surface area (Å²) in [6.07, 6.45) is 1.18. The molecule has 1 fully saturated rings. The third-order valence-corrected chi connectivity index (χ3v) is 4.77. The van der Waals surface area contributed by atoms with Crippen molar-refractivity contribution < 1.29 is 9.59 Å². The number of hydrogen-bond acceptors (Lipinski definition) is 2. The van der Waals surface area contributed by atoms with Crippen LogP contribution in [0.1, 0.15) is 24.0 Å². The number of benzene rings is 2. The second-order valence-electron chi connectivity index (χ2n) is 6.21. The van der Waals surface area contributed by atoms with Crippen molar-refractivity contribution in [3.05, 3.63) is 64.1 Å². The summed E-state index contributed by atoms with van der Waals surface area (Å²) in [6.45, 7) is 2.46. The zero-order chi connectivity index (χ0) is 17.2. The molecule has 2 aromatic carbocycles. The van der Waals surface area contributed by atoms with Gasteiger partial charge in [0.1, 0.15) is 5.41 Å². The van der Waals surface area contributed by atoms with Crippen LogP contribution in [0.4, 0.5) is 5.69 Å². The normalized spacial score (nSPS) is 14.8. The summed E-state index contributed by atoms with van der Waals surface area (Å²) in [5.41, 5.74) is 1.97. The van der Waals surface area contributed by atoms with E-state index in [1.807, 2.05) is 55.5 Å². The van der Waals surface area contributed by atoms with Crippen LogP contribution in [0.25, 0.3) is 0 Å². The lowest BCUT2D eigenvalue weighted by Crippen LogP contribution is -2.39. The quantitative estimate of drug-likeness (QED) is 0.767. The van der Waals surface area contributed by atoms with Gasteiger partial charge in [-0.25, -0.2) is 0 Å². The fourth-order valence-corrected chi connectivity index (χ4v) is 2.96. The largest absolute Gasteiger partial charge is 0.351 e. The zero-order valence-electron chi connectivity index (χ0n) is 13.4. The van der Waals surface area contributed by atoms with Gasteiger partial charge in [0.05, 0.1) is 0 Å². The van der Waals surface area contributed by atoms with Crippen LogP contribution in [0.5, 0.6) is 0 Å². The van der Waals surface area contributed by atoms with Crippen molar-refractivity contribution in [2.75, 3.05) is 5.32 Å². The fraction of sp³-hybridized carbons (Fsp3) is 0.263. The molecule has 0 aliphatic heterocycles. The van der Waals surface area contributed by atoms with E-state index >= 15 is 0 Å². The van der Waals surface area contributed by atoms with E-state index in [1.54, 1.807) is 0 Å². The predicted octanol–water partition coefficient (Wildman–Crippen LogP) is 3.79. The SMILES string of the molecule is Cc1ccc(CNC(=O)C2(C(=O)Nc3cccc(Br)c3)CC2)cc1. The van der Waals surface area contributed by atoms with Gasteiger partial charge in [0.25, 0.3) is 0 Å². The lowest BCUT2D eigenvalue weighted by atomic mass is 10.0. The third-order valence-electron chi connectivity index (χ3n) is 4.28. The number of halogens is 1. The summed E-state index contributed by atoms with van der Waals surface area (Å²) in [7, 11) is 0. The number of carbonyl (C=O) groups excluding carboxylic acids is 2. The molecule has 0 atom stereocenters. The number of hydrogen-bond donors (Lipinski definition) is 2. The molecule has 0 unspecified atom stereocenters. The number of nitrogens with one attached hydrogen (secondary N) is 2. The number of amides is 2. The Morgan fingerprint density at radius 1 is 1.08 bits per heavy atom. The molecule has 0 radical (unpaired) electrons. The zero-order valence-corrected chi connectivity index (χ0v) is 15.0. The Balaban J connectivity index is 1.61. The maximum atomic E-state index is 12.5. The average molecular weight is 387 g/mol. The minimum atomic E-state index is -0.924. The molecule has 124 valence electrons. The Hall–Kier alpha value is -2.14.